The molecule has 0 rings (SSSR count). The number of halogens is 1. The van der Waals surface area contributed by atoms with Crippen LogP contribution < -0.4 is 0 Å². The summed E-state index contributed by atoms with van der Waals surface area (Å²) in [6.45, 7) is 1.44. The fraction of sp³-hybridized carbons (Fsp3) is 0.667. The molecular weight excluding hydrogens is 188 g/mol. The highest BCUT2D eigenvalue weighted by molar-refractivity contribution is 6.17. The molecule has 0 atom stereocenters. The van der Waals surface area contributed by atoms with Crippen LogP contribution in [0.5, 0.6) is 0 Å². The Balaban J connectivity index is 3.40. The molecule has 5 nitrogen and oxygen atoms in total. The molecule has 0 heterocycles. The van der Waals surface area contributed by atoms with Crippen LogP contribution in [-0.2, 0) is 19.0 Å². The standard InChI is InChI=1S/C6H9ClO5/c1-2-10-5(8)3-11-6(9)12-4-7/h2-4H2,1H3. The summed E-state index contributed by atoms with van der Waals surface area (Å²) in [7, 11) is 0. The van der Waals surface area contributed by atoms with Crippen LogP contribution in [-0.4, -0.2) is 31.4 Å². The number of ether oxygens (including phenoxy) is 3. The van der Waals surface area contributed by atoms with Gasteiger partial charge in [-0.1, -0.05) is 11.6 Å². The normalized spacial score (nSPS) is 8.83. The van der Waals surface area contributed by atoms with E-state index in [0.29, 0.717) is 0 Å². The van der Waals surface area contributed by atoms with Gasteiger partial charge in [0, 0.05) is 0 Å². The monoisotopic (exact) mass is 196 g/mol. The van der Waals surface area contributed by atoms with Crippen molar-refractivity contribution in [3.8, 4) is 0 Å². The Morgan fingerprint density at radius 3 is 2.42 bits per heavy atom. The van der Waals surface area contributed by atoms with E-state index >= 15 is 0 Å². The van der Waals surface area contributed by atoms with Gasteiger partial charge in [0.15, 0.2) is 12.7 Å². The SMILES string of the molecule is CCOC(=O)COC(=O)OCCl. The van der Waals surface area contributed by atoms with Crippen molar-refractivity contribution in [2.45, 2.75) is 6.92 Å². The van der Waals surface area contributed by atoms with Gasteiger partial charge in [0.05, 0.1) is 6.61 Å². The molecule has 0 aromatic heterocycles. The van der Waals surface area contributed by atoms with Crippen molar-refractivity contribution in [2.24, 2.45) is 0 Å². The van der Waals surface area contributed by atoms with Crippen LogP contribution >= 0.6 is 11.6 Å². The first kappa shape index (κ1) is 11.0. The predicted octanol–water partition coefficient (Wildman–Crippen LogP) is 0.899. The van der Waals surface area contributed by atoms with Gasteiger partial charge in [-0.05, 0) is 6.92 Å². The van der Waals surface area contributed by atoms with E-state index in [-0.39, 0.29) is 12.7 Å². The average molecular weight is 197 g/mol. The lowest BCUT2D eigenvalue weighted by atomic mass is 10.7. The lowest BCUT2D eigenvalue weighted by Crippen LogP contribution is -2.16. The second kappa shape index (κ2) is 6.72. The summed E-state index contributed by atoms with van der Waals surface area (Å²) in [6, 6.07) is -0.304. The number of hydrogen-bond acceptors (Lipinski definition) is 5. The maximum Gasteiger partial charge on any atom is 0.510 e. The van der Waals surface area contributed by atoms with Crippen molar-refractivity contribution in [3.05, 3.63) is 0 Å². The molecule has 0 amide bonds. The van der Waals surface area contributed by atoms with Gasteiger partial charge in [-0.15, -0.1) is 0 Å². The van der Waals surface area contributed by atoms with Crippen molar-refractivity contribution in [1.29, 1.82) is 0 Å². The number of hydrogen-bond donors (Lipinski definition) is 0. The minimum atomic E-state index is -0.988. The Hall–Kier alpha value is -0.970. The molecule has 0 N–H and O–H groups in total. The van der Waals surface area contributed by atoms with E-state index in [1.807, 2.05) is 0 Å². The van der Waals surface area contributed by atoms with Crippen LogP contribution in [0.2, 0.25) is 0 Å². The van der Waals surface area contributed by atoms with Crippen LogP contribution in [0, 0.1) is 0 Å². The van der Waals surface area contributed by atoms with E-state index in [1.165, 1.54) is 0 Å². The van der Waals surface area contributed by atoms with Crippen LogP contribution in [0.3, 0.4) is 0 Å². The molecule has 6 heteroatoms. The summed E-state index contributed by atoms with van der Waals surface area (Å²) in [6.07, 6.45) is -0.988. The van der Waals surface area contributed by atoms with E-state index < -0.39 is 18.7 Å². The largest absolute Gasteiger partial charge is 0.510 e. The lowest BCUT2D eigenvalue weighted by Gasteiger charge is -2.02. The second-order valence-electron chi connectivity index (χ2n) is 1.60. The number of rotatable bonds is 4. The van der Waals surface area contributed by atoms with Crippen LogP contribution in [0.15, 0.2) is 0 Å². The first-order valence-electron chi connectivity index (χ1n) is 3.21. The van der Waals surface area contributed by atoms with E-state index in [1.54, 1.807) is 6.92 Å². The molecule has 70 valence electrons. The molecule has 0 bridgehead atoms. The molecule has 0 aliphatic rings. The highest BCUT2D eigenvalue weighted by Crippen LogP contribution is 1.88. The van der Waals surface area contributed by atoms with Gasteiger partial charge < -0.3 is 14.2 Å². The minimum absolute atomic E-state index is 0.243. The summed E-state index contributed by atoms with van der Waals surface area (Å²) >= 11 is 5.03. The lowest BCUT2D eigenvalue weighted by molar-refractivity contribution is -0.147. The third-order valence-corrected chi connectivity index (χ3v) is 0.895. The van der Waals surface area contributed by atoms with E-state index in [2.05, 4.69) is 14.2 Å². The Morgan fingerprint density at radius 1 is 1.25 bits per heavy atom. The highest BCUT2D eigenvalue weighted by atomic mass is 35.5. The second-order valence-corrected chi connectivity index (χ2v) is 1.82. The molecule has 0 saturated carbocycles. The molecule has 0 aromatic carbocycles. The number of carbonyl (C=O) groups excluding carboxylic acids is 2. The maximum atomic E-state index is 10.6. The van der Waals surface area contributed by atoms with Gasteiger partial charge in [-0.2, -0.15) is 0 Å². The quantitative estimate of drug-likeness (QED) is 0.494. The van der Waals surface area contributed by atoms with E-state index in [4.69, 9.17) is 11.6 Å². The highest BCUT2D eigenvalue weighted by Gasteiger charge is 2.07. The van der Waals surface area contributed by atoms with Crippen molar-refractivity contribution in [3.63, 3.8) is 0 Å². The first-order chi connectivity index (χ1) is 5.70. The van der Waals surface area contributed by atoms with Crippen LogP contribution in [0.1, 0.15) is 6.92 Å². The molecule has 0 radical (unpaired) electrons. The zero-order chi connectivity index (χ0) is 9.40. The van der Waals surface area contributed by atoms with Crippen molar-refractivity contribution in [1.82, 2.24) is 0 Å². The fourth-order valence-electron chi connectivity index (χ4n) is 0.407. The Morgan fingerprint density at radius 2 is 1.92 bits per heavy atom. The zero-order valence-electron chi connectivity index (χ0n) is 6.54. The van der Waals surface area contributed by atoms with Crippen molar-refractivity contribution < 1.29 is 23.8 Å². The molecule has 12 heavy (non-hydrogen) atoms. The third-order valence-electron chi connectivity index (χ3n) is 0.786. The summed E-state index contributed by atoms with van der Waals surface area (Å²) in [4.78, 5) is 21.0. The minimum Gasteiger partial charge on any atom is -0.463 e. The Labute approximate surface area is 74.5 Å². The molecular formula is C6H9ClO5. The average Bonchev–Trinajstić information content (AvgIpc) is 2.02. The summed E-state index contributed by atoms with van der Waals surface area (Å²) < 4.78 is 12.9. The Bertz CT molecular complexity index is 140. The third kappa shape index (κ3) is 5.79. The van der Waals surface area contributed by atoms with Gasteiger partial charge in [0.25, 0.3) is 0 Å². The first-order valence-corrected chi connectivity index (χ1v) is 3.75. The molecule has 0 saturated heterocycles. The van der Waals surface area contributed by atoms with Gasteiger partial charge in [-0.3, -0.25) is 0 Å². The van der Waals surface area contributed by atoms with Gasteiger partial charge in [-0.25, -0.2) is 9.59 Å². The van der Waals surface area contributed by atoms with Crippen LogP contribution in [0.4, 0.5) is 4.79 Å². The molecule has 0 fully saturated rings. The Kier molecular flexibility index (Phi) is 6.18. The van der Waals surface area contributed by atoms with Crippen LogP contribution in [0.25, 0.3) is 0 Å². The summed E-state index contributed by atoms with van der Waals surface area (Å²) in [5.41, 5.74) is 0. The predicted molar refractivity (Wildman–Crippen MR) is 39.8 cm³/mol. The van der Waals surface area contributed by atoms with Gasteiger partial charge in [0.1, 0.15) is 0 Å². The molecule has 0 aliphatic carbocycles. The number of carbonyl (C=O) groups is 2. The van der Waals surface area contributed by atoms with E-state index in [9.17, 15) is 9.59 Å². The van der Waals surface area contributed by atoms with E-state index in [0.717, 1.165) is 0 Å². The summed E-state index contributed by atoms with van der Waals surface area (Å²) in [5.74, 6) is -0.621. The molecule has 0 unspecified atom stereocenters. The zero-order valence-corrected chi connectivity index (χ0v) is 7.30. The summed E-state index contributed by atoms with van der Waals surface area (Å²) in [5, 5.41) is 0. The van der Waals surface area contributed by atoms with Gasteiger partial charge >= 0.3 is 12.1 Å². The van der Waals surface area contributed by atoms with Crippen molar-refractivity contribution in [2.75, 3.05) is 19.3 Å². The number of esters is 1. The van der Waals surface area contributed by atoms with Gasteiger partial charge in [0.2, 0.25) is 0 Å². The molecule has 0 spiro atoms. The fourth-order valence-corrected chi connectivity index (χ4v) is 0.496. The smallest absolute Gasteiger partial charge is 0.463 e. The van der Waals surface area contributed by atoms with Crippen molar-refractivity contribution >= 4 is 23.7 Å². The number of alkyl halides is 1. The molecule has 0 aliphatic heterocycles. The molecule has 0 aromatic rings. The topological polar surface area (TPSA) is 61.8 Å². The maximum absolute atomic E-state index is 10.6.